The van der Waals surface area contributed by atoms with E-state index in [1.54, 1.807) is 0 Å². The molecule has 1 heterocycles. The van der Waals surface area contributed by atoms with E-state index in [4.69, 9.17) is 5.73 Å². The lowest BCUT2D eigenvalue weighted by molar-refractivity contribution is 0.0698. The topological polar surface area (TPSA) is 68.2 Å². The van der Waals surface area contributed by atoms with Gasteiger partial charge in [-0.05, 0) is 61.4 Å². The van der Waals surface area contributed by atoms with E-state index in [2.05, 4.69) is 45.3 Å². The highest BCUT2D eigenvalue weighted by Crippen LogP contribution is 2.35. The second-order valence-electron chi connectivity index (χ2n) is 7.58. The molecular formula is C20H30N2O2. The number of rotatable bonds is 6. The maximum atomic E-state index is 12.0. The zero-order chi connectivity index (χ0) is 18.1. The summed E-state index contributed by atoms with van der Waals surface area (Å²) < 4.78 is 2.18. The van der Waals surface area contributed by atoms with Gasteiger partial charge < -0.3 is 15.4 Å². The van der Waals surface area contributed by atoms with Crippen molar-refractivity contribution in [1.82, 2.24) is 4.57 Å². The number of hydrogen-bond acceptors (Lipinski definition) is 2. The van der Waals surface area contributed by atoms with Crippen LogP contribution in [0.5, 0.6) is 0 Å². The molecule has 0 aliphatic carbocycles. The van der Waals surface area contributed by atoms with Gasteiger partial charge in [0.1, 0.15) is 0 Å². The van der Waals surface area contributed by atoms with Crippen LogP contribution in [0.15, 0.2) is 12.1 Å². The van der Waals surface area contributed by atoms with Crippen molar-refractivity contribution in [3.8, 4) is 0 Å². The number of aromatic carboxylic acids is 1. The molecule has 1 aromatic heterocycles. The Bertz CT molecular complexity index is 751. The van der Waals surface area contributed by atoms with Crippen LogP contribution in [0.2, 0.25) is 0 Å². The Morgan fingerprint density at radius 3 is 2.46 bits per heavy atom. The van der Waals surface area contributed by atoms with Crippen molar-refractivity contribution in [2.75, 3.05) is 6.54 Å². The molecule has 1 aromatic carbocycles. The standard InChI is InChI=1S/C20H30N2O2/c1-6-10-22-13(2)15(8-7-9-21)16-11-14(20(3,4)5)12-17(18(16)22)19(23)24/h11-12H,6-10,21H2,1-5H3,(H,23,24). The second kappa shape index (κ2) is 6.98. The number of nitrogens with zero attached hydrogens (tertiary/aromatic N) is 1. The molecule has 3 N–H and O–H groups in total. The van der Waals surface area contributed by atoms with Gasteiger partial charge in [-0.3, -0.25) is 0 Å². The van der Waals surface area contributed by atoms with Gasteiger partial charge in [-0.1, -0.05) is 27.7 Å². The normalized spacial score (nSPS) is 12.1. The summed E-state index contributed by atoms with van der Waals surface area (Å²) in [5.74, 6) is -0.855. The van der Waals surface area contributed by atoms with Crippen LogP contribution >= 0.6 is 0 Å². The van der Waals surface area contributed by atoms with Crippen molar-refractivity contribution < 1.29 is 9.90 Å². The number of carboxylic acid groups (broad SMARTS) is 1. The van der Waals surface area contributed by atoms with Crippen LogP contribution in [0.25, 0.3) is 10.9 Å². The van der Waals surface area contributed by atoms with Crippen LogP contribution in [0.3, 0.4) is 0 Å². The average molecular weight is 330 g/mol. The third-order valence-electron chi connectivity index (χ3n) is 4.72. The van der Waals surface area contributed by atoms with Crippen molar-refractivity contribution in [3.63, 3.8) is 0 Å². The van der Waals surface area contributed by atoms with Gasteiger partial charge >= 0.3 is 5.97 Å². The number of hydrogen-bond donors (Lipinski definition) is 2. The lowest BCUT2D eigenvalue weighted by Gasteiger charge is -2.20. The number of carbonyl (C=O) groups is 1. The Hall–Kier alpha value is -1.81. The fourth-order valence-corrected chi connectivity index (χ4v) is 3.37. The lowest BCUT2D eigenvalue weighted by Crippen LogP contribution is -2.13. The summed E-state index contributed by atoms with van der Waals surface area (Å²) in [6, 6.07) is 4.04. The van der Waals surface area contributed by atoms with Crippen molar-refractivity contribution in [3.05, 3.63) is 34.5 Å². The summed E-state index contributed by atoms with van der Waals surface area (Å²) in [6.07, 6.45) is 2.78. The van der Waals surface area contributed by atoms with Crippen molar-refractivity contribution >= 4 is 16.9 Å². The van der Waals surface area contributed by atoms with E-state index in [9.17, 15) is 9.90 Å². The number of aryl methyl sites for hydroxylation is 2. The third-order valence-corrected chi connectivity index (χ3v) is 4.72. The quantitative estimate of drug-likeness (QED) is 0.832. The van der Waals surface area contributed by atoms with Crippen LogP contribution in [0, 0.1) is 6.92 Å². The average Bonchev–Trinajstić information content (AvgIpc) is 2.76. The van der Waals surface area contributed by atoms with Gasteiger partial charge in [-0.2, -0.15) is 0 Å². The minimum atomic E-state index is -0.855. The molecule has 4 heteroatoms. The first-order valence-corrected chi connectivity index (χ1v) is 8.81. The maximum absolute atomic E-state index is 12.0. The molecule has 2 aromatic rings. The zero-order valence-corrected chi connectivity index (χ0v) is 15.6. The molecular weight excluding hydrogens is 300 g/mol. The molecule has 24 heavy (non-hydrogen) atoms. The van der Waals surface area contributed by atoms with E-state index in [0.717, 1.165) is 42.3 Å². The van der Waals surface area contributed by atoms with E-state index >= 15 is 0 Å². The highest BCUT2D eigenvalue weighted by Gasteiger charge is 2.24. The molecule has 132 valence electrons. The van der Waals surface area contributed by atoms with Crippen LogP contribution < -0.4 is 5.73 Å². The smallest absolute Gasteiger partial charge is 0.337 e. The molecule has 0 saturated heterocycles. The fraction of sp³-hybridized carbons (Fsp3) is 0.550. The SMILES string of the molecule is CCCn1c(C)c(CCCN)c2cc(C(C)(C)C)cc(C(=O)O)c21. The van der Waals surface area contributed by atoms with Gasteiger partial charge in [0.25, 0.3) is 0 Å². The van der Waals surface area contributed by atoms with Crippen LogP contribution in [-0.2, 0) is 18.4 Å². The third kappa shape index (κ3) is 3.34. The lowest BCUT2D eigenvalue weighted by atomic mass is 9.84. The summed E-state index contributed by atoms with van der Waals surface area (Å²) in [4.78, 5) is 12.0. The number of nitrogens with two attached hydrogens (primary N) is 1. The van der Waals surface area contributed by atoms with Crippen molar-refractivity contribution in [1.29, 1.82) is 0 Å². The monoisotopic (exact) mass is 330 g/mol. The fourth-order valence-electron chi connectivity index (χ4n) is 3.37. The van der Waals surface area contributed by atoms with E-state index in [1.165, 1.54) is 11.3 Å². The first kappa shape index (κ1) is 18.5. The van der Waals surface area contributed by atoms with Crippen molar-refractivity contribution in [2.24, 2.45) is 5.73 Å². The van der Waals surface area contributed by atoms with Gasteiger partial charge in [0.15, 0.2) is 0 Å². The first-order valence-electron chi connectivity index (χ1n) is 8.81. The number of aromatic nitrogens is 1. The molecule has 0 atom stereocenters. The van der Waals surface area contributed by atoms with Gasteiger partial charge in [0, 0.05) is 17.6 Å². The molecule has 4 nitrogen and oxygen atoms in total. The first-order chi connectivity index (χ1) is 11.2. The molecule has 0 radical (unpaired) electrons. The van der Waals surface area contributed by atoms with Crippen LogP contribution in [0.4, 0.5) is 0 Å². The molecule has 2 rings (SSSR count). The summed E-state index contributed by atoms with van der Waals surface area (Å²) >= 11 is 0. The summed E-state index contributed by atoms with van der Waals surface area (Å²) in [5, 5.41) is 10.9. The van der Waals surface area contributed by atoms with Crippen LogP contribution in [-0.4, -0.2) is 22.2 Å². The minimum Gasteiger partial charge on any atom is -0.478 e. The molecule has 0 aliphatic heterocycles. The molecule has 0 spiro atoms. The van der Waals surface area contributed by atoms with Crippen LogP contribution in [0.1, 0.15) is 67.7 Å². The predicted octanol–water partition coefficient (Wildman–Crippen LogP) is 4.25. The van der Waals surface area contributed by atoms with Crippen molar-refractivity contribution in [2.45, 2.75) is 65.8 Å². The van der Waals surface area contributed by atoms with Gasteiger partial charge in [0.2, 0.25) is 0 Å². The molecule has 0 fully saturated rings. The van der Waals surface area contributed by atoms with E-state index in [-0.39, 0.29) is 5.41 Å². The molecule has 0 saturated carbocycles. The molecule has 0 unspecified atom stereocenters. The minimum absolute atomic E-state index is 0.0930. The molecule has 0 bridgehead atoms. The summed E-state index contributed by atoms with van der Waals surface area (Å²) in [7, 11) is 0. The number of carboxylic acids is 1. The van der Waals surface area contributed by atoms with Gasteiger partial charge in [-0.15, -0.1) is 0 Å². The summed E-state index contributed by atoms with van der Waals surface area (Å²) in [6.45, 7) is 12.1. The Labute approximate surface area is 144 Å². The molecule has 0 amide bonds. The van der Waals surface area contributed by atoms with E-state index < -0.39 is 5.97 Å². The van der Waals surface area contributed by atoms with E-state index in [1.807, 2.05) is 6.07 Å². The summed E-state index contributed by atoms with van der Waals surface area (Å²) in [5.41, 5.74) is 10.4. The maximum Gasteiger partial charge on any atom is 0.337 e. The number of benzene rings is 1. The Balaban J connectivity index is 2.87. The predicted molar refractivity (Wildman–Crippen MR) is 100 cm³/mol. The number of fused-ring (bicyclic) bond motifs is 1. The Morgan fingerprint density at radius 2 is 1.96 bits per heavy atom. The Kier molecular flexibility index (Phi) is 5.38. The van der Waals surface area contributed by atoms with Gasteiger partial charge in [-0.25, -0.2) is 4.79 Å². The second-order valence-corrected chi connectivity index (χ2v) is 7.58. The molecule has 0 aliphatic rings. The zero-order valence-electron chi connectivity index (χ0n) is 15.6. The van der Waals surface area contributed by atoms with Gasteiger partial charge in [0.05, 0.1) is 11.1 Å². The highest BCUT2D eigenvalue weighted by atomic mass is 16.4. The van der Waals surface area contributed by atoms with E-state index in [0.29, 0.717) is 12.1 Å². The largest absolute Gasteiger partial charge is 0.478 e. The Morgan fingerprint density at radius 1 is 1.29 bits per heavy atom. The highest BCUT2D eigenvalue weighted by molar-refractivity contribution is 6.04.